The van der Waals surface area contributed by atoms with E-state index in [1.54, 1.807) is 92.7 Å². The third-order valence-corrected chi connectivity index (χ3v) is 7.87. The number of Topliss-reactive ketones (excluding diaryl/α,β-unsaturated/α-hetero) is 1. The van der Waals surface area contributed by atoms with Gasteiger partial charge in [0.05, 0.1) is 6.04 Å². The molecule has 0 aliphatic rings. The van der Waals surface area contributed by atoms with Crippen molar-refractivity contribution in [1.82, 2.24) is 15.5 Å². The molecule has 0 spiro atoms. The number of amides is 3. The number of hydrogen-bond acceptors (Lipinski definition) is 6. The minimum absolute atomic E-state index is 0.0594. The standard InChI is InChI=1S/C39H41F2N3O6/c1-27(2)34(43-38(48)50-26-31-17-11-6-12-18-31)36(46)42-33(23-28-19-21-32(22-20-28)49-25-30-15-9-5-10-16-30)35(45)39(40,41)37(47)44(3)24-29-13-7-4-8-14-29/h4-22,27,33-34H,23-26H2,1-3H3,(H,42,46)(H,43,48)/t33?,34-/m0/s1. The summed E-state index contributed by atoms with van der Waals surface area (Å²) in [4.78, 5) is 53.5. The maximum absolute atomic E-state index is 15.7. The first-order valence-electron chi connectivity index (χ1n) is 16.2. The van der Waals surface area contributed by atoms with Crippen molar-refractivity contribution in [3.05, 3.63) is 138 Å². The molecular weight excluding hydrogens is 644 g/mol. The molecule has 9 nitrogen and oxygen atoms in total. The minimum Gasteiger partial charge on any atom is -0.489 e. The molecule has 2 atom stereocenters. The molecule has 0 saturated heterocycles. The zero-order valence-electron chi connectivity index (χ0n) is 28.2. The Morgan fingerprint density at radius 3 is 1.76 bits per heavy atom. The Balaban J connectivity index is 1.51. The van der Waals surface area contributed by atoms with Gasteiger partial charge < -0.3 is 25.0 Å². The van der Waals surface area contributed by atoms with Crippen molar-refractivity contribution >= 4 is 23.7 Å². The largest absolute Gasteiger partial charge is 0.489 e. The van der Waals surface area contributed by atoms with Crippen LogP contribution in [0.5, 0.6) is 5.75 Å². The van der Waals surface area contributed by atoms with Gasteiger partial charge in [-0.1, -0.05) is 117 Å². The van der Waals surface area contributed by atoms with Crippen molar-refractivity contribution in [2.45, 2.75) is 58.0 Å². The number of carbonyl (C=O) groups excluding carboxylic acids is 4. The van der Waals surface area contributed by atoms with Crippen LogP contribution in [0.25, 0.3) is 0 Å². The van der Waals surface area contributed by atoms with Crippen LogP contribution in [0, 0.1) is 5.92 Å². The van der Waals surface area contributed by atoms with Crippen molar-refractivity contribution < 1.29 is 37.4 Å². The third kappa shape index (κ3) is 10.7. The molecular formula is C39H41F2N3O6. The topological polar surface area (TPSA) is 114 Å². The van der Waals surface area contributed by atoms with E-state index in [4.69, 9.17) is 9.47 Å². The first-order valence-corrected chi connectivity index (χ1v) is 16.2. The summed E-state index contributed by atoms with van der Waals surface area (Å²) in [5, 5.41) is 4.87. The zero-order chi connectivity index (χ0) is 36.1. The maximum atomic E-state index is 15.7. The van der Waals surface area contributed by atoms with E-state index in [-0.39, 0.29) is 19.6 Å². The predicted octanol–water partition coefficient (Wildman–Crippen LogP) is 6.11. The fourth-order valence-electron chi connectivity index (χ4n) is 5.09. The zero-order valence-corrected chi connectivity index (χ0v) is 28.2. The summed E-state index contributed by atoms with van der Waals surface area (Å²) in [6.07, 6.45) is -1.27. The lowest BCUT2D eigenvalue weighted by Gasteiger charge is -2.28. The SMILES string of the molecule is CC(C)[C@H](NC(=O)OCc1ccccc1)C(=O)NC(Cc1ccc(OCc2ccccc2)cc1)C(=O)C(F)(F)C(=O)N(C)Cc1ccccc1. The van der Waals surface area contributed by atoms with Crippen molar-refractivity contribution in [1.29, 1.82) is 0 Å². The number of alkyl halides is 2. The molecule has 0 aliphatic carbocycles. The summed E-state index contributed by atoms with van der Waals surface area (Å²) >= 11 is 0. The van der Waals surface area contributed by atoms with Crippen LogP contribution in [-0.2, 0) is 45.3 Å². The molecule has 4 rings (SSSR count). The molecule has 0 heterocycles. The van der Waals surface area contributed by atoms with Gasteiger partial charge in [-0.05, 0) is 40.3 Å². The average Bonchev–Trinajstić information content (AvgIpc) is 3.12. The molecule has 0 fully saturated rings. The van der Waals surface area contributed by atoms with Gasteiger partial charge in [0.1, 0.15) is 25.0 Å². The van der Waals surface area contributed by atoms with Gasteiger partial charge in [-0.2, -0.15) is 8.78 Å². The van der Waals surface area contributed by atoms with Crippen LogP contribution in [0.15, 0.2) is 115 Å². The summed E-state index contributed by atoms with van der Waals surface area (Å²) in [6.45, 7) is 3.37. The molecule has 262 valence electrons. The number of benzene rings is 4. The monoisotopic (exact) mass is 685 g/mol. The van der Waals surface area contributed by atoms with Crippen LogP contribution in [0.4, 0.5) is 13.6 Å². The number of nitrogens with one attached hydrogen (secondary N) is 2. The van der Waals surface area contributed by atoms with Gasteiger partial charge in [0.2, 0.25) is 11.7 Å². The smallest absolute Gasteiger partial charge is 0.408 e. The molecule has 0 bridgehead atoms. The molecule has 0 aromatic heterocycles. The summed E-state index contributed by atoms with van der Waals surface area (Å²) in [7, 11) is 1.18. The number of rotatable bonds is 16. The van der Waals surface area contributed by atoms with Crippen LogP contribution in [0.2, 0.25) is 0 Å². The predicted molar refractivity (Wildman–Crippen MR) is 184 cm³/mol. The number of hydrogen-bond donors (Lipinski definition) is 2. The second-order valence-corrected chi connectivity index (χ2v) is 12.2. The van der Waals surface area contributed by atoms with E-state index in [0.717, 1.165) is 16.0 Å². The maximum Gasteiger partial charge on any atom is 0.408 e. The van der Waals surface area contributed by atoms with Gasteiger partial charge in [0.25, 0.3) is 0 Å². The van der Waals surface area contributed by atoms with Crippen LogP contribution >= 0.6 is 0 Å². The third-order valence-electron chi connectivity index (χ3n) is 7.87. The minimum atomic E-state index is -4.48. The van der Waals surface area contributed by atoms with Crippen molar-refractivity contribution in [3.63, 3.8) is 0 Å². The highest BCUT2D eigenvalue weighted by atomic mass is 19.3. The fraction of sp³-hybridized carbons (Fsp3) is 0.282. The van der Waals surface area contributed by atoms with E-state index < -0.39 is 47.6 Å². The van der Waals surface area contributed by atoms with Crippen molar-refractivity contribution in [2.24, 2.45) is 5.92 Å². The van der Waals surface area contributed by atoms with Crippen LogP contribution in [-0.4, -0.2) is 53.6 Å². The fourth-order valence-corrected chi connectivity index (χ4v) is 5.09. The Labute approximate surface area is 290 Å². The molecule has 4 aromatic rings. The first-order chi connectivity index (χ1) is 23.9. The normalized spacial score (nSPS) is 12.4. The Kier molecular flexibility index (Phi) is 13.2. The lowest BCUT2D eigenvalue weighted by atomic mass is 9.96. The van der Waals surface area contributed by atoms with Gasteiger partial charge in [0.15, 0.2) is 0 Å². The van der Waals surface area contributed by atoms with E-state index in [2.05, 4.69) is 10.6 Å². The van der Waals surface area contributed by atoms with E-state index in [9.17, 15) is 19.2 Å². The van der Waals surface area contributed by atoms with Crippen molar-refractivity contribution in [3.8, 4) is 5.75 Å². The number of ketones is 1. The highest BCUT2D eigenvalue weighted by Gasteiger charge is 2.52. The van der Waals surface area contributed by atoms with E-state index >= 15 is 8.78 Å². The second-order valence-electron chi connectivity index (χ2n) is 12.2. The lowest BCUT2D eigenvalue weighted by Crippen LogP contribution is -2.59. The molecule has 0 saturated carbocycles. The quantitative estimate of drug-likeness (QED) is 0.138. The van der Waals surface area contributed by atoms with Gasteiger partial charge in [-0.3, -0.25) is 14.4 Å². The number of alkyl carbamates (subject to hydrolysis) is 1. The second kappa shape index (κ2) is 17.7. The molecule has 11 heteroatoms. The van der Waals surface area contributed by atoms with Gasteiger partial charge in [-0.25, -0.2) is 4.79 Å². The molecule has 2 N–H and O–H groups in total. The van der Waals surface area contributed by atoms with Gasteiger partial charge in [-0.15, -0.1) is 0 Å². The first kappa shape index (κ1) is 37.2. The molecule has 0 aliphatic heterocycles. The molecule has 4 aromatic carbocycles. The highest BCUT2D eigenvalue weighted by Crippen LogP contribution is 2.24. The van der Waals surface area contributed by atoms with Gasteiger partial charge in [0, 0.05) is 20.0 Å². The molecule has 0 radical (unpaired) electrons. The summed E-state index contributed by atoms with van der Waals surface area (Å²) in [6, 6.07) is 30.3. The summed E-state index contributed by atoms with van der Waals surface area (Å²) < 4.78 is 42.5. The van der Waals surface area contributed by atoms with Crippen LogP contribution < -0.4 is 15.4 Å². The lowest BCUT2D eigenvalue weighted by molar-refractivity contribution is -0.167. The Morgan fingerprint density at radius 1 is 0.700 bits per heavy atom. The molecule has 1 unspecified atom stereocenters. The van der Waals surface area contributed by atoms with Gasteiger partial charge >= 0.3 is 17.9 Å². The van der Waals surface area contributed by atoms with E-state index in [1.807, 2.05) is 36.4 Å². The van der Waals surface area contributed by atoms with Crippen LogP contribution in [0.3, 0.4) is 0 Å². The number of ether oxygens (including phenoxy) is 2. The summed E-state index contributed by atoms with van der Waals surface area (Å²) in [5.74, 6) is -8.87. The van der Waals surface area contributed by atoms with Crippen molar-refractivity contribution in [2.75, 3.05) is 7.05 Å². The Hall–Kier alpha value is -5.58. The van der Waals surface area contributed by atoms with Crippen LogP contribution in [0.1, 0.15) is 36.1 Å². The van der Waals surface area contributed by atoms with E-state index in [1.165, 1.54) is 7.05 Å². The highest BCUT2D eigenvalue weighted by molar-refractivity contribution is 6.10. The molecule has 50 heavy (non-hydrogen) atoms. The van der Waals surface area contributed by atoms with E-state index in [0.29, 0.717) is 23.5 Å². The number of carbonyl (C=O) groups is 4. The average molecular weight is 686 g/mol. The molecule has 3 amide bonds. The number of halogens is 2. The Morgan fingerprint density at radius 2 is 1.22 bits per heavy atom. The number of nitrogens with zero attached hydrogens (tertiary/aromatic N) is 1. The Bertz CT molecular complexity index is 1700. The summed E-state index contributed by atoms with van der Waals surface area (Å²) in [5.41, 5.74) is 2.69.